The molecule has 1 N–H and O–H groups in total. The molecule has 1 spiro atoms. The van der Waals surface area contributed by atoms with Gasteiger partial charge in [0, 0.05) is 12.6 Å². The van der Waals surface area contributed by atoms with E-state index in [1.54, 1.807) is 25.7 Å². The highest BCUT2D eigenvalue weighted by atomic mass is 32.2. The number of sulfone groups is 1. The fraction of sp³-hybridized carbons (Fsp3) is 0.727. The lowest BCUT2D eigenvalue weighted by Gasteiger charge is -2.41. The summed E-state index contributed by atoms with van der Waals surface area (Å²) in [7, 11) is -3.52. The predicted molar refractivity (Wildman–Crippen MR) is 117 cm³/mol. The maximum atomic E-state index is 13.3. The molecule has 0 unspecified atom stereocenters. The second-order valence-corrected chi connectivity index (χ2v) is 13.0. The molecular formula is C22H31F3N2O5S. The number of hydrogen-bond acceptors (Lipinski definition) is 6. The second kappa shape index (κ2) is 8.41. The Labute approximate surface area is 192 Å². The highest BCUT2D eigenvalue weighted by Gasteiger charge is 2.53. The molecule has 2 aliphatic rings. The molecule has 1 amide bonds. The Balaban J connectivity index is 1.66. The van der Waals surface area contributed by atoms with E-state index in [0.29, 0.717) is 31.5 Å². The first kappa shape index (κ1) is 25.7. The summed E-state index contributed by atoms with van der Waals surface area (Å²) in [6.07, 6.45) is -3.48. The molecule has 0 radical (unpaired) electrons. The maximum absolute atomic E-state index is 13.3. The van der Waals surface area contributed by atoms with Crippen LogP contribution < -0.4 is 9.64 Å². The number of carbonyl (C=O) groups excluding carboxylic acids is 1. The minimum absolute atomic E-state index is 0.137. The van der Waals surface area contributed by atoms with Gasteiger partial charge in [-0.25, -0.2) is 13.4 Å². The summed E-state index contributed by atoms with van der Waals surface area (Å²) in [4.78, 5) is 18.7. The molecule has 1 aliphatic heterocycles. The summed E-state index contributed by atoms with van der Waals surface area (Å²) in [5, 5.41) is 10.9. The summed E-state index contributed by atoms with van der Waals surface area (Å²) >= 11 is 0. The smallest absolute Gasteiger partial charge is 0.425 e. The fourth-order valence-corrected chi connectivity index (χ4v) is 5.72. The van der Waals surface area contributed by atoms with Gasteiger partial charge in [-0.2, -0.15) is 13.2 Å². The van der Waals surface area contributed by atoms with Crippen LogP contribution >= 0.6 is 0 Å². The predicted octanol–water partition coefficient (Wildman–Crippen LogP) is 3.65. The van der Waals surface area contributed by atoms with Crippen molar-refractivity contribution in [2.75, 3.05) is 17.2 Å². The zero-order valence-corrected chi connectivity index (χ0v) is 20.1. The number of carbonyl (C=O) groups is 1. The van der Waals surface area contributed by atoms with Crippen molar-refractivity contribution >= 4 is 21.4 Å². The van der Waals surface area contributed by atoms with Crippen LogP contribution in [0, 0.1) is 5.41 Å². The summed E-state index contributed by atoms with van der Waals surface area (Å²) in [5.74, 6) is -0.658. The van der Waals surface area contributed by atoms with E-state index >= 15 is 0 Å². The van der Waals surface area contributed by atoms with E-state index in [0.717, 1.165) is 6.92 Å². The first-order valence-corrected chi connectivity index (χ1v) is 12.6. The molecule has 0 aromatic carbocycles. The summed E-state index contributed by atoms with van der Waals surface area (Å²) in [6.45, 7) is 6.10. The van der Waals surface area contributed by atoms with Crippen LogP contribution in [0.5, 0.6) is 5.88 Å². The van der Waals surface area contributed by atoms with Crippen molar-refractivity contribution in [3.63, 3.8) is 0 Å². The molecule has 1 saturated heterocycles. The van der Waals surface area contributed by atoms with E-state index in [2.05, 4.69) is 4.98 Å². The first-order valence-electron chi connectivity index (χ1n) is 10.9. The van der Waals surface area contributed by atoms with Crippen molar-refractivity contribution in [2.45, 2.75) is 82.4 Å². The standard InChI is InChI=1S/C22H31F3N2O5S/c1-15(22(23,24)25)32-17-6-5-16(13-26-17)27-12-11-20(18(27)28)7-9-21(29,10-8-20)14-33(30,31)19(2,3)4/h5-6,13,15,29H,7-12,14H2,1-4H3/t15-,20-,21+/m1/s1. The molecule has 2 heterocycles. The van der Waals surface area contributed by atoms with E-state index in [-0.39, 0.29) is 30.4 Å². The van der Waals surface area contributed by atoms with E-state index in [4.69, 9.17) is 4.74 Å². The lowest BCUT2D eigenvalue weighted by molar-refractivity contribution is -0.189. The summed E-state index contributed by atoms with van der Waals surface area (Å²) < 4.78 is 67.0. The summed E-state index contributed by atoms with van der Waals surface area (Å²) in [6, 6.07) is 2.80. The Morgan fingerprint density at radius 1 is 1.15 bits per heavy atom. The number of aromatic nitrogens is 1. The number of alkyl halides is 3. The number of ether oxygens (including phenoxy) is 1. The molecule has 0 bridgehead atoms. The SMILES string of the molecule is C[C@@H](Oc1ccc(N2CC[C@]3(CC[C@@](O)(CS(=O)(=O)C(C)(C)C)CC3)C2=O)cn1)C(F)(F)F. The fourth-order valence-electron chi connectivity index (χ4n) is 4.29. The molecule has 186 valence electrons. The van der Waals surface area contributed by atoms with Crippen LogP contribution in [0.1, 0.15) is 59.8 Å². The molecule has 1 saturated carbocycles. The van der Waals surface area contributed by atoms with E-state index in [1.165, 1.54) is 18.3 Å². The van der Waals surface area contributed by atoms with Crippen molar-refractivity contribution in [1.29, 1.82) is 0 Å². The van der Waals surface area contributed by atoms with Crippen molar-refractivity contribution < 1.29 is 36.2 Å². The van der Waals surface area contributed by atoms with Gasteiger partial charge in [0.2, 0.25) is 11.8 Å². The van der Waals surface area contributed by atoms with Gasteiger partial charge < -0.3 is 14.7 Å². The van der Waals surface area contributed by atoms with E-state index in [9.17, 15) is 31.5 Å². The topological polar surface area (TPSA) is 96.8 Å². The Morgan fingerprint density at radius 3 is 2.24 bits per heavy atom. The largest absolute Gasteiger partial charge is 0.465 e. The summed E-state index contributed by atoms with van der Waals surface area (Å²) in [5.41, 5.74) is -1.58. The molecule has 7 nitrogen and oxygen atoms in total. The first-order chi connectivity index (χ1) is 15.0. The maximum Gasteiger partial charge on any atom is 0.425 e. The molecule has 1 atom stereocenters. The number of hydrogen-bond donors (Lipinski definition) is 1. The van der Waals surface area contributed by atoms with E-state index < -0.39 is 37.9 Å². The number of halogens is 3. The quantitative estimate of drug-likeness (QED) is 0.674. The number of aliphatic hydroxyl groups is 1. The van der Waals surface area contributed by atoms with Crippen LogP contribution in [-0.2, 0) is 14.6 Å². The molecule has 1 aromatic heterocycles. The molecule has 33 heavy (non-hydrogen) atoms. The lowest BCUT2D eigenvalue weighted by Crippen LogP contribution is -2.49. The van der Waals surface area contributed by atoms with Gasteiger partial charge in [0.25, 0.3) is 0 Å². The third-order valence-electron chi connectivity index (χ3n) is 6.83. The lowest BCUT2D eigenvalue weighted by atomic mass is 9.68. The number of anilines is 1. The van der Waals surface area contributed by atoms with Gasteiger partial charge in [0.05, 0.1) is 33.4 Å². The van der Waals surface area contributed by atoms with Gasteiger partial charge in [-0.05, 0) is 65.9 Å². The third kappa shape index (κ3) is 5.29. The van der Waals surface area contributed by atoms with Gasteiger partial charge in [-0.3, -0.25) is 4.79 Å². The second-order valence-electron chi connectivity index (χ2n) is 10.2. The minimum atomic E-state index is -4.51. The molecule has 1 aromatic rings. The minimum Gasteiger partial charge on any atom is -0.465 e. The number of nitrogens with zero attached hydrogens (tertiary/aromatic N) is 2. The van der Waals surface area contributed by atoms with Crippen LogP contribution in [0.2, 0.25) is 0 Å². The monoisotopic (exact) mass is 492 g/mol. The number of amides is 1. The van der Waals surface area contributed by atoms with Crippen molar-refractivity contribution in [3.8, 4) is 5.88 Å². The van der Waals surface area contributed by atoms with Crippen molar-refractivity contribution in [1.82, 2.24) is 4.98 Å². The Hall–Kier alpha value is -1.88. The van der Waals surface area contributed by atoms with E-state index in [1.807, 2.05) is 0 Å². The molecule has 1 aliphatic carbocycles. The average Bonchev–Trinajstić information content (AvgIpc) is 3.00. The number of rotatable bonds is 5. The number of pyridine rings is 1. The normalized spacial score (nSPS) is 27.8. The van der Waals surface area contributed by atoms with Gasteiger partial charge in [0.1, 0.15) is 0 Å². The zero-order valence-electron chi connectivity index (χ0n) is 19.3. The highest BCUT2D eigenvalue weighted by Crippen LogP contribution is 2.49. The van der Waals surface area contributed by atoms with Crippen LogP contribution in [0.3, 0.4) is 0 Å². The van der Waals surface area contributed by atoms with Gasteiger partial charge in [0.15, 0.2) is 15.9 Å². The van der Waals surface area contributed by atoms with Gasteiger partial charge in [-0.15, -0.1) is 0 Å². The van der Waals surface area contributed by atoms with Crippen LogP contribution in [0.15, 0.2) is 18.3 Å². The average molecular weight is 493 g/mol. The Bertz CT molecular complexity index is 979. The molecule has 11 heteroatoms. The van der Waals surface area contributed by atoms with Gasteiger partial charge in [-0.1, -0.05) is 0 Å². The van der Waals surface area contributed by atoms with Crippen LogP contribution in [0.25, 0.3) is 0 Å². The van der Waals surface area contributed by atoms with Crippen molar-refractivity contribution in [2.24, 2.45) is 5.41 Å². The highest BCUT2D eigenvalue weighted by molar-refractivity contribution is 7.92. The zero-order chi connectivity index (χ0) is 24.9. The Kier molecular flexibility index (Phi) is 6.56. The molecule has 3 rings (SSSR count). The molecular weight excluding hydrogens is 461 g/mol. The third-order valence-corrected chi connectivity index (χ3v) is 9.62. The van der Waals surface area contributed by atoms with Crippen LogP contribution in [0.4, 0.5) is 18.9 Å². The Morgan fingerprint density at radius 2 is 1.76 bits per heavy atom. The van der Waals surface area contributed by atoms with Crippen LogP contribution in [-0.4, -0.2) is 59.3 Å². The molecule has 2 fully saturated rings. The van der Waals surface area contributed by atoms with Gasteiger partial charge >= 0.3 is 6.18 Å². The van der Waals surface area contributed by atoms with Crippen molar-refractivity contribution in [3.05, 3.63) is 18.3 Å².